The molecule has 5 heteroatoms. The number of H-pyrrole nitrogens is 1. The lowest BCUT2D eigenvalue weighted by atomic mass is 10.1. The van der Waals surface area contributed by atoms with Gasteiger partial charge < -0.3 is 4.98 Å². The van der Waals surface area contributed by atoms with Crippen molar-refractivity contribution in [3.05, 3.63) is 48.8 Å². The molecule has 1 fully saturated rings. The van der Waals surface area contributed by atoms with E-state index in [0.29, 0.717) is 16.2 Å². The summed E-state index contributed by atoms with van der Waals surface area (Å²) in [6.07, 6.45) is 2.23. The summed E-state index contributed by atoms with van der Waals surface area (Å²) in [5, 5.41) is 0. The maximum absolute atomic E-state index is 12.0. The van der Waals surface area contributed by atoms with Crippen molar-refractivity contribution >= 4 is 31.9 Å². The van der Waals surface area contributed by atoms with Crippen LogP contribution in [0.4, 0.5) is 0 Å². The monoisotopic (exact) mass is 382 g/mol. The molecular weight excluding hydrogens is 372 g/mol. The number of benzene rings is 1. The first kappa shape index (κ1) is 13.1. The maximum Gasteiger partial charge on any atom is 0.265 e. The molecule has 1 aromatic heterocycles. The van der Waals surface area contributed by atoms with Crippen molar-refractivity contribution in [1.29, 1.82) is 0 Å². The van der Waals surface area contributed by atoms with E-state index in [1.165, 1.54) is 0 Å². The first-order valence-electron chi connectivity index (χ1n) is 6.12. The van der Waals surface area contributed by atoms with Crippen LogP contribution >= 0.6 is 31.9 Å². The molecule has 1 aromatic carbocycles. The van der Waals surface area contributed by atoms with E-state index in [0.717, 1.165) is 34.1 Å². The second-order valence-electron chi connectivity index (χ2n) is 4.87. The number of hydrogen-bond donors (Lipinski definition) is 1. The zero-order valence-electron chi connectivity index (χ0n) is 10.3. The normalized spacial score (nSPS) is 14.7. The third-order valence-electron chi connectivity index (χ3n) is 3.23. The first-order chi connectivity index (χ1) is 9.06. The molecule has 1 N–H and O–H groups in total. The zero-order chi connectivity index (χ0) is 13.6. The first-order valence-corrected chi connectivity index (χ1v) is 7.71. The van der Waals surface area contributed by atoms with Gasteiger partial charge in [0.2, 0.25) is 0 Å². The minimum atomic E-state index is -0.112. The van der Waals surface area contributed by atoms with Crippen molar-refractivity contribution in [1.82, 2.24) is 9.97 Å². The van der Waals surface area contributed by atoms with Gasteiger partial charge in [0, 0.05) is 16.0 Å². The molecule has 1 aliphatic carbocycles. The third kappa shape index (κ3) is 2.54. The minimum absolute atomic E-state index is 0.112. The molecule has 0 amide bonds. The second-order valence-corrected chi connectivity index (χ2v) is 6.52. The number of rotatable bonds is 2. The summed E-state index contributed by atoms with van der Waals surface area (Å²) in [7, 11) is 0. The fourth-order valence-electron chi connectivity index (χ4n) is 2.04. The number of hydrogen-bond acceptors (Lipinski definition) is 2. The standard InChI is InChI=1S/C14H12Br2N2O/c1-7-2-5-9(10(15)6-7)13-17-12(8-3-4-8)11(16)14(19)18-13/h2,5-6,8H,3-4H2,1H3,(H,17,18,19). The Kier molecular flexibility index (Phi) is 3.35. The second kappa shape index (κ2) is 4.87. The van der Waals surface area contributed by atoms with E-state index in [1.807, 2.05) is 25.1 Å². The highest BCUT2D eigenvalue weighted by Gasteiger charge is 2.29. The number of aryl methyl sites for hydroxylation is 1. The molecule has 1 heterocycles. The van der Waals surface area contributed by atoms with Crippen LogP contribution in [0.1, 0.15) is 30.0 Å². The van der Waals surface area contributed by atoms with E-state index in [1.54, 1.807) is 0 Å². The predicted octanol–water partition coefficient (Wildman–Crippen LogP) is 4.15. The van der Waals surface area contributed by atoms with Crippen molar-refractivity contribution in [2.45, 2.75) is 25.7 Å². The number of nitrogens with zero attached hydrogens (tertiary/aromatic N) is 1. The summed E-state index contributed by atoms with van der Waals surface area (Å²) in [5.74, 6) is 1.06. The summed E-state index contributed by atoms with van der Waals surface area (Å²) >= 11 is 6.87. The van der Waals surface area contributed by atoms with Crippen molar-refractivity contribution in [2.24, 2.45) is 0 Å². The molecule has 0 saturated heterocycles. The molecule has 0 aliphatic heterocycles. The quantitative estimate of drug-likeness (QED) is 0.846. The molecule has 19 heavy (non-hydrogen) atoms. The molecule has 0 radical (unpaired) electrons. The van der Waals surface area contributed by atoms with Gasteiger partial charge in [0.15, 0.2) is 0 Å². The van der Waals surface area contributed by atoms with Gasteiger partial charge in [0.25, 0.3) is 5.56 Å². The maximum atomic E-state index is 12.0. The lowest BCUT2D eigenvalue weighted by molar-refractivity contribution is 0.959. The summed E-state index contributed by atoms with van der Waals surface area (Å²) < 4.78 is 1.52. The summed E-state index contributed by atoms with van der Waals surface area (Å²) in [6.45, 7) is 2.03. The van der Waals surface area contributed by atoms with Crippen LogP contribution in [-0.4, -0.2) is 9.97 Å². The van der Waals surface area contributed by atoms with Gasteiger partial charge in [-0.2, -0.15) is 0 Å². The molecular formula is C14H12Br2N2O. The van der Waals surface area contributed by atoms with E-state index < -0.39 is 0 Å². The number of halogens is 2. The topological polar surface area (TPSA) is 45.8 Å². The van der Waals surface area contributed by atoms with Crippen LogP contribution in [0.25, 0.3) is 11.4 Å². The number of aromatic nitrogens is 2. The van der Waals surface area contributed by atoms with E-state index in [9.17, 15) is 4.79 Å². The molecule has 3 nitrogen and oxygen atoms in total. The molecule has 0 bridgehead atoms. The molecule has 1 saturated carbocycles. The Morgan fingerprint density at radius 2 is 2.05 bits per heavy atom. The smallest absolute Gasteiger partial charge is 0.265 e. The van der Waals surface area contributed by atoms with E-state index in [4.69, 9.17) is 0 Å². The molecule has 3 rings (SSSR count). The Labute approximate surface area is 127 Å². The fraction of sp³-hybridized carbons (Fsp3) is 0.286. The summed E-state index contributed by atoms with van der Waals surface area (Å²) in [4.78, 5) is 19.4. The van der Waals surface area contributed by atoms with Crippen LogP contribution < -0.4 is 5.56 Å². The lowest BCUT2D eigenvalue weighted by Crippen LogP contribution is -2.13. The summed E-state index contributed by atoms with van der Waals surface area (Å²) in [6, 6.07) is 6.01. The van der Waals surface area contributed by atoms with Crippen LogP contribution in [0, 0.1) is 6.92 Å². The van der Waals surface area contributed by atoms with Crippen molar-refractivity contribution in [3.63, 3.8) is 0 Å². The average molecular weight is 384 g/mol. The molecule has 98 valence electrons. The van der Waals surface area contributed by atoms with Gasteiger partial charge in [0.1, 0.15) is 10.3 Å². The minimum Gasteiger partial charge on any atom is -0.306 e. The largest absolute Gasteiger partial charge is 0.306 e. The van der Waals surface area contributed by atoms with Crippen LogP contribution in [0.2, 0.25) is 0 Å². The van der Waals surface area contributed by atoms with Gasteiger partial charge in [-0.25, -0.2) is 4.98 Å². The Morgan fingerprint density at radius 1 is 1.32 bits per heavy atom. The van der Waals surface area contributed by atoms with Crippen LogP contribution in [0.3, 0.4) is 0 Å². The van der Waals surface area contributed by atoms with Crippen molar-refractivity contribution in [2.75, 3.05) is 0 Å². The predicted molar refractivity (Wildman–Crippen MR) is 82.4 cm³/mol. The third-order valence-corrected chi connectivity index (χ3v) is 4.65. The average Bonchev–Trinajstić information content (AvgIpc) is 3.17. The highest BCUT2D eigenvalue weighted by Crippen LogP contribution is 2.41. The van der Waals surface area contributed by atoms with Crippen LogP contribution in [-0.2, 0) is 0 Å². The van der Waals surface area contributed by atoms with Gasteiger partial charge in [-0.05, 0) is 53.4 Å². The lowest BCUT2D eigenvalue weighted by Gasteiger charge is -2.08. The zero-order valence-corrected chi connectivity index (χ0v) is 13.5. The highest BCUT2D eigenvalue weighted by atomic mass is 79.9. The molecule has 2 aromatic rings. The van der Waals surface area contributed by atoms with Crippen LogP contribution in [0.15, 0.2) is 31.9 Å². The highest BCUT2D eigenvalue weighted by molar-refractivity contribution is 9.10. The van der Waals surface area contributed by atoms with Gasteiger partial charge in [-0.3, -0.25) is 4.79 Å². The van der Waals surface area contributed by atoms with Crippen LogP contribution in [0.5, 0.6) is 0 Å². The van der Waals surface area contributed by atoms with E-state index >= 15 is 0 Å². The van der Waals surface area contributed by atoms with Crippen molar-refractivity contribution < 1.29 is 0 Å². The number of nitrogens with one attached hydrogen (secondary N) is 1. The summed E-state index contributed by atoms with van der Waals surface area (Å²) in [5.41, 5.74) is 2.85. The number of aromatic amines is 1. The Bertz CT molecular complexity index is 705. The Balaban J connectivity index is 2.17. The molecule has 0 spiro atoms. The Hall–Kier alpha value is -0.940. The van der Waals surface area contributed by atoms with Crippen molar-refractivity contribution in [3.8, 4) is 11.4 Å². The molecule has 0 atom stereocenters. The van der Waals surface area contributed by atoms with Gasteiger partial charge in [-0.15, -0.1) is 0 Å². The van der Waals surface area contributed by atoms with Gasteiger partial charge >= 0.3 is 0 Å². The van der Waals surface area contributed by atoms with E-state index in [-0.39, 0.29) is 5.56 Å². The van der Waals surface area contributed by atoms with E-state index in [2.05, 4.69) is 41.8 Å². The Morgan fingerprint density at radius 3 is 2.68 bits per heavy atom. The molecule has 0 unspecified atom stereocenters. The van der Waals surface area contributed by atoms with Gasteiger partial charge in [-0.1, -0.05) is 22.0 Å². The van der Waals surface area contributed by atoms with Gasteiger partial charge in [0.05, 0.1) is 5.69 Å². The fourth-order valence-corrected chi connectivity index (χ4v) is 3.24. The SMILES string of the molecule is Cc1ccc(-c2nc(C3CC3)c(Br)c(=O)[nH]2)c(Br)c1. The molecule has 1 aliphatic rings.